The lowest BCUT2D eigenvalue weighted by molar-refractivity contribution is 0.0763. The largest absolute Gasteiger partial charge is 0.337 e. The summed E-state index contributed by atoms with van der Waals surface area (Å²) < 4.78 is 1.93. The molecule has 0 atom stereocenters. The van der Waals surface area contributed by atoms with Crippen LogP contribution in [0.1, 0.15) is 16.8 Å². The Labute approximate surface area is 124 Å². The van der Waals surface area contributed by atoms with Gasteiger partial charge in [0.25, 0.3) is 5.91 Å². The van der Waals surface area contributed by atoms with Gasteiger partial charge < -0.3 is 14.4 Å². The Hall–Kier alpha value is -2.14. The maximum Gasteiger partial charge on any atom is 0.253 e. The summed E-state index contributed by atoms with van der Waals surface area (Å²) in [5, 5.41) is 0. The highest BCUT2D eigenvalue weighted by Gasteiger charge is 2.18. The predicted octanol–water partition coefficient (Wildman–Crippen LogP) is 1.65. The van der Waals surface area contributed by atoms with E-state index < -0.39 is 0 Å². The molecule has 0 N–H and O–H groups in total. The third-order valence-electron chi connectivity index (χ3n) is 3.92. The van der Waals surface area contributed by atoms with Gasteiger partial charge in [0.1, 0.15) is 0 Å². The van der Waals surface area contributed by atoms with Crippen LogP contribution in [-0.2, 0) is 0 Å². The topological polar surface area (TPSA) is 41.4 Å². The first-order valence-corrected chi connectivity index (χ1v) is 7.30. The van der Waals surface area contributed by atoms with Crippen LogP contribution in [-0.4, -0.2) is 58.5 Å². The summed E-state index contributed by atoms with van der Waals surface area (Å²) in [6, 6.07) is 7.70. The number of hydrogen-bond acceptors (Lipinski definition) is 3. The first kappa shape index (κ1) is 13.8. The van der Waals surface area contributed by atoms with Crippen molar-refractivity contribution in [2.45, 2.75) is 6.42 Å². The fourth-order valence-electron chi connectivity index (χ4n) is 2.62. The van der Waals surface area contributed by atoms with E-state index >= 15 is 0 Å². The van der Waals surface area contributed by atoms with Crippen molar-refractivity contribution in [2.24, 2.45) is 0 Å². The molecule has 0 bridgehead atoms. The van der Waals surface area contributed by atoms with Crippen LogP contribution in [0.3, 0.4) is 0 Å². The summed E-state index contributed by atoms with van der Waals surface area (Å²) >= 11 is 0. The molecule has 2 aromatic rings. The molecule has 1 saturated heterocycles. The Morgan fingerprint density at radius 1 is 1.10 bits per heavy atom. The SMILES string of the molecule is CN1CCCN(C(=O)c2ccc(-n3ccnc3)cc2)CC1. The molecule has 2 heterocycles. The van der Waals surface area contributed by atoms with Gasteiger partial charge in [-0.3, -0.25) is 4.79 Å². The van der Waals surface area contributed by atoms with E-state index in [-0.39, 0.29) is 5.91 Å². The van der Waals surface area contributed by atoms with E-state index in [4.69, 9.17) is 0 Å². The zero-order valence-electron chi connectivity index (χ0n) is 12.3. The lowest BCUT2D eigenvalue weighted by Crippen LogP contribution is -2.34. The molecule has 5 nitrogen and oxygen atoms in total. The van der Waals surface area contributed by atoms with Crippen LogP contribution in [0.4, 0.5) is 0 Å². The Kier molecular flexibility index (Phi) is 4.01. The zero-order chi connectivity index (χ0) is 14.7. The second-order valence-electron chi connectivity index (χ2n) is 5.47. The number of carbonyl (C=O) groups excluding carboxylic acids is 1. The van der Waals surface area contributed by atoms with Crippen LogP contribution in [0.5, 0.6) is 0 Å². The van der Waals surface area contributed by atoms with E-state index in [0.717, 1.165) is 43.9 Å². The van der Waals surface area contributed by atoms with Crippen molar-refractivity contribution in [2.75, 3.05) is 33.2 Å². The third kappa shape index (κ3) is 3.13. The summed E-state index contributed by atoms with van der Waals surface area (Å²) in [6.45, 7) is 3.65. The van der Waals surface area contributed by atoms with E-state index in [2.05, 4.69) is 16.9 Å². The molecule has 5 heteroatoms. The monoisotopic (exact) mass is 284 g/mol. The highest BCUT2D eigenvalue weighted by Crippen LogP contribution is 2.12. The van der Waals surface area contributed by atoms with Gasteiger partial charge in [-0.05, 0) is 44.3 Å². The summed E-state index contributed by atoms with van der Waals surface area (Å²) in [7, 11) is 2.11. The number of amides is 1. The number of likely N-dealkylation sites (N-methyl/N-ethyl adjacent to an activating group) is 1. The summed E-state index contributed by atoms with van der Waals surface area (Å²) in [5.41, 5.74) is 1.77. The number of benzene rings is 1. The Balaban J connectivity index is 1.73. The molecule has 0 radical (unpaired) electrons. The maximum absolute atomic E-state index is 12.5. The summed E-state index contributed by atoms with van der Waals surface area (Å²) in [4.78, 5) is 20.8. The molecule has 3 rings (SSSR count). The van der Waals surface area contributed by atoms with Crippen LogP contribution in [0.25, 0.3) is 5.69 Å². The smallest absolute Gasteiger partial charge is 0.253 e. The van der Waals surface area contributed by atoms with E-state index in [1.165, 1.54) is 0 Å². The molecule has 1 aliphatic heterocycles. The molecule has 1 fully saturated rings. The third-order valence-corrected chi connectivity index (χ3v) is 3.92. The van der Waals surface area contributed by atoms with Crippen molar-refractivity contribution in [1.82, 2.24) is 19.4 Å². The van der Waals surface area contributed by atoms with Crippen molar-refractivity contribution in [3.8, 4) is 5.69 Å². The minimum absolute atomic E-state index is 0.127. The van der Waals surface area contributed by atoms with E-state index in [9.17, 15) is 4.79 Å². The standard InChI is InChI=1S/C16H20N4O/c1-18-8-2-9-19(12-11-18)16(21)14-3-5-15(6-4-14)20-10-7-17-13-20/h3-7,10,13H,2,8-9,11-12H2,1H3. The van der Waals surface area contributed by atoms with Gasteiger partial charge >= 0.3 is 0 Å². The number of hydrogen-bond donors (Lipinski definition) is 0. The van der Waals surface area contributed by atoms with Crippen LogP contribution in [0, 0.1) is 0 Å². The van der Waals surface area contributed by atoms with Crippen molar-refractivity contribution in [1.29, 1.82) is 0 Å². The number of rotatable bonds is 2. The number of nitrogens with zero attached hydrogens (tertiary/aromatic N) is 4. The fraction of sp³-hybridized carbons (Fsp3) is 0.375. The van der Waals surface area contributed by atoms with Crippen LogP contribution in [0.15, 0.2) is 43.0 Å². The predicted molar refractivity (Wildman–Crippen MR) is 81.6 cm³/mol. The average Bonchev–Trinajstić information content (AvgIpc) is 2.96. The highest BCUT2D eigenvalue weighted by atomic mass is 16.2. The quantitative estimate of drug-likeness (QED) is 0.842. The molecule has 0 unspecified atom stereocenters. The van der Waals surface area contributed by atoms with Crippen LogP contribution < -0.4 is 0 Å². The van der Waals surface area contributed by atoms with Crippen molar-refractivity contribution < 1.29 is 4.79 Å². The molecular formula is C16H20N4O. The normalized spacial score (nSPS) is 16.7. The van der Waals surface area contributed by atoms with E-state index in [1.807, 2.05) is 39.9 Å². The molecular weight excluding hydrogens is 264 g/mol. The van der Waals surface area contributed by atoms with Gasteiger partial charge in [0.15, 0.2) is 0 Å². The van der Waals surface area contributed by atoms with Gasteiger partial charge in [-0.25, -0.2) is 4.98 Å². The Bertz CT molecular complexity index is 591. The first-order valence-electron chi connectivity index (χ1n) is 7.30. The number of imidazole rings is 1. The maximum atomic E-state index is 12.5. The molecule has 1 amide bonds. The second-order valence-corrected chi connectivity index (χ2v) is 5.47. The average molecular weight is 284 g/mol. The minimum Gasteiger partial charge on any atom is -0.337 e. The molecule has 0 spiro atoms. The van der Waals surface area contributed by atoms with Gasteiger partial charge in [-0.2, -0.15) is 0 Å². The molecule has 21 heavy (non-hydrogen) atoms. The molecule has 1 aliphatic rings. The van der Waals surface area contributed by atoms with Gasteiger partial charge in [0.2, 0.25) is 0 Å². The Morgan fingerprint density at radius 2 is 1.90 bits per heavy atom. The summed E-state index contributed by atoms with van der Waals surface area (Å²) in [6.07, 6.45) is 6.42. The molecule has 0 saturated carbocycles. The van der Waals surface area contributed by atoms with E-state index in [0.29, 0.717) is 0 Å². The van der Waals surface area contributed by atoms with E-state index in [1.54, 1.807) is 12.5 Å². The number of aromatic nitrogens is 2. The molecule has 1 aromatic carbocycles. The lowest BCUT2D eigenvalue weighted by Gasteiger charge is -2.20. The first-order chi connectivity index (χ1) is 10.2. The van der Waals surface area contributed by atoms with Crippen LogP contribution >= 0.6 is 0 Å². The number of carbonyl (C=O) groups is 1. The van der Waals surface area contributed by atoms with Gasteiger partial charge in [0.05, 0.1) is 6.33 Å². The lowest BCUT2D eigenvalue weighted by atomic mass is 10.1. The zero-order valence-corrected chi connectivity index (χ0v) is 12.3. The second kappa shape index (κ2) is 6.10. The van der Waals surface area contributed by atoms with Gasteiger partial charge in [0, 0.05) is 43.3 Å². The van der Waals surface area contributed by atoms with Crippen molar-refractivity contribution in [3.05, 3.63) is 48.5 Å². The summed E-state index contributed by atoms with van der Waals surface area (Å²) in [5.74, 6) is 0.127. The highest BCUT2D eigenvalue weighted by molar-refractivity contribution is 5.94. The molecule has 1 aromatic heterocycles. The van der Waals surface area contributed by atoms with Crippen molar-refractivity contribution >= 4 is 5.91 Å². The minimum atomic E-state index is 0.127. The molecule has 110 valence electrons. The fourth-order valence-corrected chi connectivity index (χ4v) is 2.62. The molecule has 0 aliphatic carbocycles. The Morgan fingerprint density at radius 3 is 2.62 bits per heavy atom. The van der Waals surface area contributed by atoms with Gasteiger partial charge in [-0.15, -0.1) is 0 Å². The van der Waals surface area contributed by atoms with Crippen molar-refractivity contribution in [3.63, 3.8) is 0 Å². The van der Waals surface area contributed by atoms with Gasteiger partial charge in [-0.1, -0.05) is 0 Å². The van der Waals surface area contributed by atoms with Crippen LogP contribution in [0.2, 0.25) is 0 Å².